The number of rotatable bonds is 20. The molecule has 0 aliphatic rings. The zero-order valence-corrected chi connectivity index (χ0v) is 25.0. The number of primary amides is 1. The number of amides is 2. The summed E-state index contributed by atoms with van der Waals surface area (Å²) < 4.78 is 6.07. The van der Waals surface area contributed by atoms with Crippen molar-refractivity contribution < 1.29 is 14.3 Å². The van der Waals surface area contributed by atoms with Gasteiger partial charge < -0.3 is 15.8 Å². The summed E-state index contributed by atoms with van der Waals surface area (Å²) in [5, 5.41) is 2.72. The first-order chi connectivity index (χ1) is 17.5. The van der Waals surface area contributed by atoms with E-state index in [-0.39, 0.29) is 16.7 Å². The summed E-state index contributed by atoms with van der Waals surface area (Å²) in [7, 11) is 0. The minimum Gasteiger partial charge on any atom is -0.461 e. The summed E-state index contributed by atoms with van der Waals surface area (Å²) in [6.07, 6.45) is 14.6. The van der Waals surface area contributed by atoms with Crippen LogP contribution in [0.2, 0.25) is 0 Å². The van der Waals surface area contributed by atoms with Crippen LogP contribution in [-0.2, 0) is 20.4 Å². The van der Waals surface area contributed by atoms with Crippen molar-refractivity contribution in [2.45, 2.75) is 155 Å². The lowest BCUT2D eigenvalue weighted by molar-refractivity contribution is -0.133. The van der Waals surface area contributed by atoms with Crippen molar-refractivity contribution in [3.63, 3.8) is 0 Å². The Morgan fingerprint density at radius 1 is 0.811 bits per heavy atom. The number of ether oxygens (including phenoxy) is 1. The molecule has 37 heavy (non-hydrogen) atoms. The second-order valence-electron chi connectivity index (χ2n) is 11.9. The van der Waals surface area contributed by atoms with Crippen LogP contribution in [0.1, 0.15) is 149 Å². The monoisotopic (exact) mass is 516 g/mol. The largest absolute Gasteiger partial charge is 0.461 e. The van der Waals surface area contributed by atoms with Gasteiger partial charge in [0.25, 0.3) is 12.1 Å². The van der Waals surface area contributed by atoms with E-state index in [2.05, 4.69) is 65.9 Å². The fraction of sp³-hybridized carbons (Fsp3) is 0.750. The van der Waals surface area contributed by atoms with Crippen LogP contribution in [0.5, 0.6) is 5.75 Å². The fourth-order valence-corrected chi connectivity index (χ4v) is 4.43. The summed E-state index contributed by atoms with van der Waals surface area (Å²) in [5.74, 6) is -0.286. The lowest BCUT2D eigenvalue weighted by Gasteiger charge is -2.31. The van der Waals surface area contributed by atoms with Crippen molar-refractivity contribution in [1.82, 2.24) is 5.32 Å². The smallest absolute Gasteiger partial charge is 0.280 e. The van der Waals surface area contributed by atoms with Crippen LogP contribution >= 0.6 is 0 Å². The Balaban J connectivity index is 2.64. The topological polar surface area (TPSA) is 81.4 Å². The zero-order valence-electron chi connectivity index (χ0n) is 25.0. The van der Waals surface area contributed by atoms with Crippen molar-refractivity contribution in [2.75, 3.05) is 0 Å². The first kappa shape index (κ1) is 33.0. The van der Waals surface area contributed by atoms with Gasteiger partial charge in [-0.1, -0.05) is 125 Å². The number of unbranched alkanes of at least 4 members (excludes halogenated alkanes) is 10. The molecule has 0 bridgehead atoms. The highest BCUT2D eigenvalue weighted by Gasteiger charge is 2.29. The lowest BCUT2D eigenvalue weighted by atomic mass is 9.76. The Morgan fingerprint density at radius 3 is 1.81 bits per heavy atom. The van der Waals surface area contributed by atoms with Crippen molar-refractivity contribution in [3.05, 3.63) is 29.3 Å². The van der Waals surface area contributed by atoms with E-state index in [1.807, 2.05) is 6.07 Å². The molecule has 0 fully saturated rings. The molecule has 0 saturated carbocycles. The molecule has 0 heterocycles. The van der Waals surface area contributed by atoms with Crippen LogP contribution in [-0.4, -0.2) is 18.0 Å². The molecular weight excluding hydrogens is 460 g/mol. The van der Waals surface area contributed by atoms with Crippen LogP contribution in [0.4, 0.5) is 0 Å². The van der Waals surface area contributed by atoms with E-state index >= 15 is 0 Å². The van der Waals surface area contributed by atoms with Gasteiger partial charge >= 0.3 is 0 Å². The summed E-state index contributed by atoms with van der Waals surface area (Å²) in [5.41, 5.74) is 7.76. The van der Waals surface area contributed by atoms with Gasteiger partial charge in [-0.15, -0.1) is 0 Å². The van der Waals surface area contributed by atoms with Gasteiger partial charge in [0.15, 0.2) is 0 Å². The number of benzene rings is 1. The number of carbonyl (C=O) groups excluding carboxylic acids is 2. The molecule has 212 valence electrons. The number of nitrogens with one attached hydrogen (secondary N) is 1. The molecule has 1 unspecified atom stereocenters. The standard InChI is InChI=1S/C32H56N2O3/c1-8-11-12-13-14-15-16-17-18-19-20-21-28(35)34-30(29(33)36)37-27-23-22-25(31(4,5)9-2)24-26(27)32(6,7)10-3/h22-24,30H,8-21H2,1-7H3,(H2,33,36)(H,34,35). The zero-order chi connectivity index (χ0) is 27.9. The maximum Gasteiger partial charge on any atom is 0.280 e. The van der Waals surface area contributed by atoms with Crippen LogP contribution in [0.3, 0.4) is 0 Å². The molecular formula is C32H56N2O3. The first-order valence-electron chi connectivity index (χ1n) is 14.9. The van der Waals surface area contributed by atoms with E-state index in [0.29, 0.717) is 12.2 Å². The molecule has 1 rings (SSSR count). The highest BCUT2D eigenvalue weighted by atomic mass is 16.5. The third kappa shape index (κ3) is 11.9. The molecule has 2 amide bonds. The van der Waals surface area contributed by atoms with Gasteiger partial charge in [0.1, 0.15) is 5.75 Å². The summed E-state index contributed by atoms with van der Waals surface area (Å²) in [4.78, 5) is 24.8. The van der Waals surface area contributed by atoms with Gasteiger partial charge in [0.05, 0.1) is 0 Å². The highest BCUT2D eigenvalue weighted by molar-refractivity contribution is 5.85. The average Bonchev–Trinajstić information content (AvgIpc) is 2.86. The number of nitrogens with two attached hydrogens (primary N) is 1. The third-order valence-corrected chi connectivity index (χ3v) is 8.06. The molecule has 0 spiro atoms. The van der Waals surface area contributed by atoms with Crippen molar-refractivity contribution in [2.24, 2.45) is 5.73 Å². The van der Waals surface area contributed by atoms with Crippen LogP contribution in [0.25, 0.3) is 0 Å². The van der Waals surface area contributed by atoms with E-state index in [4.69, 9.17) is 10.5 Å². The minimum absolute atomic E-state index is 0.0308. The van der Waals surface area contributed by atoms with Gasteiger partial charge in [-0.3, -0.25) is 9.59 Å². The molecule has 1 aromatic rings. The molecule has 0 saturated heterocycles. The Labute approximate surface area is 227 Å². The van der Waals surface area contributed by atoms with Crippen LogP contribution in [0.15, 0.2) is 18.2 Å². The lowest BCUT2D eigenvalue weighted by Crippen LogP contribution is -2.48. The summed E-state index contributed by atoms with van der Waals surface area (Å²) >= 11 is 0. The van der Waals surface area contributed by atoms with E-state index < -0.39 is 12.1 Å². The SMILES string of the molecule is CCCCCCCCCCCCCC(=O)NC(Oc1ccc(C(C)(C)CC)cc1C(C)(C)CC)C(N)=O. The fourth-order valence-electron chi connectivity index (χ4n) is 4.43. The molecule has 0 aliphatic carbocycles. The summed E-state index contributed by atoms with van der Waals surface area (Å²) in [6, 6.07) is 6.16. The van der Waals surface area contributed by atoms with E-state index in [0.717, 1.165) is 37.7 Å². The second kappa shape index (κ2) is 16.7. The van der Waals surface area contributed by atoms with Crippen molar-refractivity contribution in [3.8, 4) is 5.75 Å². The molecule has 5 heteroatoms. The number of hydrogen-bond acceptors (Lipinski definition) is 3. The van der Waals surface area contributed by atoms with Crippen LogP contribution < -0.4 is 15.8 Å². The van der Waals surface area contributed by atoms with Crippen LogP contribution in [0, 0.1) is 0 Å². The summed E-state index contributed by atoms with van der Waals surface area (Å²) in [6.45, 7) is 15.4. The maximum absolute atomic E-state index is 12.6. The second-order valence-corrected chi connectivity index (χ2v) is 11.9. The molecule has 1 atom stereocenters. The molecule has 3 N–H and O–H groups in total. The van der Waals surface area contributed by atoms with Crippen molar-refractivity contribution in [1.29, 1.82) is 0 Å². The Morgan fingerprint density at radius 2 is 1.32 bits per heavy atom. The molecule has 0 aromatic heterocycles. The Bertz CT molecular complexity index is 816. The average molecular weight is 517 g/mol. The normalized spacial score (nSPS) is 12.8. The van der Waals surface area contributed by atoms with Gasteiger partial charge in [0, 0.05) is 12.0 Å². The van der Waals surface area contributed by atoms with Gasteiger partial charge in [-0.05, 0) is 41.7 Å². The maximum atomic E-state index is 12.6. The van der Waals surface area contributed by atoms with Crippen molar-refractivity contribution >= 4 is 11.8 Å². The molecule has 5 nitrogen and oxygen atoms in total. The van der Waals surface area contributed by atoms with Gasteiger partial charge in [-0.2, -0.15) is 0 Å². The minimum atomic E-state index is -1.18. The molecule has 1 aromatic carbocycles. The van der Waals surface area contributed by atoms with E-state index in [9.17, 15) is 9.59 Å². The highest BCUT2D eigenvalue weighted by Crippen LogP contribution is 2.38. The Hall–Kier alpha value is -2.04. The molecule has 0 radical (unpaired) electrons. The molecule has 0 aliphatic heterocycles. The third-order valence-electron chi connectivity index (χ3n) is 8.06. The van der Waals surface area contributed by atoms with E-state index in [1.54, 1.807) is 0 Å². The number of carbonyl (C=O) groups is 2. The quantitative estimate of drug-likeness (QED) is 0.136. The number of hydrogen-bond donors (Lipinski definition) is 2. The first-order valence-corrected chi connectivity index (χ1v) is 14.9. The van der Waals surface area contributed by atoms with Gasteiger partial charge in [-0.25, -0.2) is 0 Å². The van der Waals surface area contributed by atoms with Gasteiger partial charge in [0.2, 0.25) is 5.91 Å². The van der Waals surface area contributed by atoms with E-state index in [1.165, 1.54) is 56.9 Å². The predicted molar refractivity (Wildman–Crippen MR) is 156 cm³/mol. The predicted octanol–water partition coefficient (Wildman–Crippen LogP) is 8.07. The Kier molecular flexibility index (Phi) is 14.9.